The van der Waals surface area contributed by atoms with E-state index in [-0.39, 0.29) is 5.41 Å². The lowest BCUT2D eigenvalue weighted by molar-refractivity contribution is 0.662. The number of para-hydroxylation sites is 3. The second-order valence-electron chi connectivity index (χ2n) is 15.7. The Morgan fingerprint density at radius 3 is 1.81 bits per heavy atom. The van der Waals surface area contributed by atoms with Gasteiger partial charge in [0.15, 0.2) is 0 Å². The third kappa shape index (κ3) is 5.33. The van der Waals surface area contributed by atoms with Crippen LogP contribution in [0.1, 0.15) is 25.0 Å². The predicted molar refractivity (Wildman–Crippen MR) is 240 cm³/mol. The monoisotopic (exact) mass is 729 g/mol. The molecule has 0 bridgehead atoms. The maximum atomic E-state index is 6.60. The number of hydrogen-bond acceptors (Lipinski definition) is 2. The van der Waals surface area contributed by atoms with E-state index in [0.717, 1.165) is 50.1 Å². The molecule has 0 saturated heterocycles. The molecule has 11 rings (SSSR count). The van der Waals surface area contributed by atoms with Gasteiger partial charge in [-0.25, -0.2) is 0 Å². The Labute approximate surface area is 332 Å². The van der Waals surface area contributed by atoms with Crippen LogP contribution >= 0.6 is 0 Å². The predicted octanol–water partition coefficient (Wildman–Crippen LogP) is 15.5. The van der Waals surface area contributed by atoms with E-state index in [9.17, 15) is 0 Å². The Balaban J connectivity index is 1.06. The van der Waals surface area contributed by atoms with Gasteiger partial charge in [0.1, 0.15) is 11.2 Å². The fourth-order valence-electron chi connectivity index (χ4n) is 9.33. The zero-order valence-corrected chi connectivity index (χ0v) is 31.9. The van der Waals surface area contributed by atoms with Gasteiger partial charge in [-0.3, -0.25) is 0 Å². The molecule has 1 aromatic heterocycles. The maximum absolute atomic E-state index is 6.60. The van der Waals surface area contributed by atoms with Crippen molar-refractivity contribution in [2.45, 2.75) is 19.3 Å². The van der Waals surface area contributed by atoms with Gasteiger partial charge in [-0.2, -0.15) is 0 Å². The first-order valence-corrected chi connectivity index (χ1v) is 19.8. The first kappa shape index (κ1) is 33.2. The first-order valence-electron chi connectivity index (χ1n) is 19.8. The Bertz CT molecular complexity index is 3150. The molecule has 0 aliphatic heterocycles. The zero-order chi connectivity index (χ0) is 38.1. The zero-order valence-electron chi connectivity index (χ0n) is 31.9. The van der Waals surface area contributed by atoms with Crippen molar-refractivity contribution in [1.82, 2.24) is 0 Å². The summed E-state index contributed by atoms with van der Waals surface area (Å²) in [7, 11) is 0. The summed E-state index contributed by atoms with van der Waals surface area (Å²) in [6, 6.07) is 72.5. The highest BCUT2D eigenvalue weighted by Crippen LogP contribution is 2.52. The molecule has 57 heavy (non-hydrogen) atoms. The van der Waals surface area contributed by atoms with Crippen LogP contribution in [0.15, 0.2) is 205 Å². The van der Waals surface area contributed by atoms with Crippen LogP contribution in [0, 0.1) is 0 Å². The summed E-state index contributed by atoms with van der Waals surface area (Å²) in [5.41, 5.74) is 17.4. The molecule has 0 spiro atoms. The molecule has 0 radical (unpaired) electrons. The molecular weight excluding hydrogens is 691 g/mol. The van der Waals surface area contributed by atoms with Crippen molar-refractivity contribution in [3.05, 3.63) is 211 Å². The topological polar surface area (TPSA) is 16.4 Å². The van der Waals surface area contributed by atoms with E-state index < -0.39 is 0 Å². The minimum Gasteiger partial charge on any atom is -0.455 e. The lowest BCUT2D eigenvalue weighted by atomic mass is 9.79. The Morgan fingerprint density at radius 1 is 0.404 bits per heavy atom. The molecule has 2 nitrogen and oxygen atoms in total. The molecule has 0 N–H and O–H groups in total. The molecule has 9 aromatic carbocycles. The Kier molecular flexibility index (Phi) is 7.55. The molecule has 1 heterocycles. The molecule has 0 amide bonds. The number of hydrogen-bond donors (Lipinski definition) is 0. The molecule has 0 unspecified atom stereocenters. The average Bonchev–Trinajstić information content (AvgIpc) is 3.76. The summed E-state index contributed by atoms with van der Waals surface area (Å²) in [4.78, 5) is 2.39. The van der Waals surface area contributed by atoms with Crippen molar-refractivity contribution in [3.63, 3.8) is 0 Å². The van der Waals surface area contributed by atoms with Gasteiger partial charge in [0.25, 0.3) is 0 Å². The summed E-state index contributed by atoms with van der Waals surface area (Å²) in [6.45, 7) is 4.72. The lowest BCUT2D eigenvalue weighted by Gasteiger charge is -2.28. The van der Waals surface area contributed by atoms with Gasteiger partial charge in [0.05, 0.1) is 5.69 Å². The molecule has 0 atom stereocenters. The lowest BCUT2D eigenvalue weighted by Crippen LogP contribution is -2.16. The number of fused-ring (bicyclic) bond motifs is 7. The highest BCUT2D eigenvalue weighted by molar-refractivity contribution is 6.11. The fraction of sp³-hybridized carbons (Fsp3) is 0.0545. The Morgan fingerprint density at radius 2 is 0.982 bits per heavy atom. The van der Waals surface area contributed by atoms with E-state index in [0.29, 0.717) is 0 Å². The maximum Gasteiger partial charge on any atom is 0.143 e. The van der Waals surface area contributed by atoms with Gasteiger partial charge in [0.2, 0.25) is 0 Å². The summed E-state index contributed by atoms with van der Waals surface area (Å²) in [5, 5.41) is 4.74. The van der Waals surface area contributed by atoms with Gasteiger partial charge in [0, 0.05) is 38.7 Å². The number of furan rings is 1. The average molecular weight is 730 g/mol. The van der Waals surface area contributed by atoms with E-state index in [1.54, 1.807) is 0 Å². The van der Waals surface area contributed by atoms with Crippen LogP contribution in [0.5, 0.6) is 0 Å². The molecule has 10 aromatic rings. The van der Waals surface area contributed by atoms with Crippen molar-refractivity contribution in [3.8, 4) is 44.5 Å². The van der Waals surface area contributed by atoms with E-state index in [2.05, 4.69) is 213 Å². The smallest absolute Gasteiger partial charge is 0.143 e. The van der Waals surface area contributed by atoms with E-state index in [4.69, 9.17) is 4.42 Å². The van der Waals surface area contributed by atoms with Crippen LogP contribution in [0.4, 0.5) is 17.1 Å². The van der Waals surface area contributed by atoms with Crippen LogP contribution in [-0.2, 0) is 5.41 Å². The van der Waals surface area contributed by atoms with E-state index >= 15 is 0 Å². The summed E-state index contributed by atoms with van der Waals surface area (Å²) < 4.78 is 6.60. The van der Waals surface area contributed by atoms with Crippen LogP contribution in [-0.4, -0.2) is 0 Å². The first-order chi connectivity index (χ1) is 28.0. The summed E-state index contributed by atoms with van der Waals surface area (Å²) in [5.74, 6) is 0. The minimum absolute atomic E-state index is 0.101. The third-order valence-electron chi connectivity index (χ3n) is 12.1. The second kappa shape index (κ2) is 13.0. The fourth-order valence-corrected chi connectivity index (χ4v) is 9.33. The molecule has 1 aliphatic carbocycles. The number of nitrogens with zero attached hydrogens (tertiary/aromatic N) is 1. The second-order valence-corrected chi connectivity index (χ2v) is 15.7. The van der Waals surface area contributed by atoms with Crippen LogP contribution < -0.4 is 4.90 Å². The Hall–Kier alpha value is -7.16. The number of rotatable bonds is 6. The highest BCUT2D eigenvalue weighted by atomic mass is 16.3. The summed E-state index contributed by atoms with van der Waals surface area (Å²) >= 11 is 0. The normalized spacial score (nSPS) is 12.9. The summed E-state index contributed by atoms with van der Waals surface area (Å²) in [6.07, 6.45) is 0. The van der Waals surface area contributed by atoms with Crippen molar-refractivity contribution in [2.24, 2.45) is 0 Å². The molecule has 2 heteroatoms. The molecule has 270 valence electrons. The van der Waals surface area contributed by atoms with Gasteiger partial charge >= 0.3 is 0 Å². The molecule has 0 saturated carbocycles. The largest absolute Gasteiger partial charge is 0.455 e. The van der Waals surface area contributed by atoms with Crippen LogP contribution in [0.25, 0.3) is 77.2 Å². The molecule has 0 fully saturated rings. The van der Waals surface area contributed by atoms with Crippen LogP contribution in [0.2, 0.25) is 0 Å². The third-order valence-corrected chi connectivity index (χ3v) is 12.1. The van der Waals surface area contributed by atoms with Crippen molar-refractivity contribution >= 4 is 49.8 Å². The molecular formula is C55H39NO. The molecule has 1 aliphatic rings. The SMILES string of the molecule is CC1(C)c2ccccc2-c2cccc(-c3ccc(N(c4ccc(-c5ccc6ccccc6c5)cc4)c4ccccc4-c4cccc5c4oc4ccccc45)cc3)c21. The van der Waals surface area contributed by atoms with E-state index in [1.165, 1.54) is 55.3 Å². The van der Waals surface area contributed by atoms with Crippen LogP contribution in [0.3, 0.4) is 0 Å². The van der Waals surface area contributed by atoms with Crippen molar-refractivity contribution in [2.75, 3.05) is 4.90 Å². The minimum atomic E-state index is -0.101. The highest BCUT2D eigenvalue weighted by Gasteiger charge is 2.37. The standard InChI is InChI=1S/C55H39NO/c1-55(2)50-22-8-5-15-44(50)47-19-11-18-43(53(47)55)38-29-33-42(34-30-38)56(41-31-27-37(28-32-41)40-26-25-36-13-3-4-14-39(36)35-40)51-23-9-6-16-45(51)48-20-12-21-49-46-17-7-10-24-52(46)57-54(48)49/h3-35H,1-2H3. The van der Waals surface area contributed by atoms with Gasteiger partial charge in [-0.15, -0.1) is 0 Å². The van der Waals surface area contributed by atoms with Crippen molar-refractivity contribution < 1.29 is 4.42 Å². The van der Waals surface area contributed by atoms with Gasteiger partial charge < -0.3 is 9.32 Å². The number of anilines is 3. The number of benzene rings is 9. The van der Waals surface area contributed by atoms with Gasteiger partial charge in [-0.05, 0) is 97.7 Å². The van der Waals surface area contributed by atoms with Crippen molar-refractivity contribution in [1.29, 1.82) is 0 Å². The van der Waals surface area contributed by atoms with Gasteiger partial charge in [-0.1, -0.05) is 172 Å². The quantitative estimate of drug-likeness (QED) is 0.169. The van der Waals surface area contributed by atoms with E-state index in [1.807, 2.05) is 6.07 Å².